The molecule has 1 unspecified atom stereocenters. The summed E-state index contributed by atoms with van der Waals surface area (Å²) in [5.74, 6) is 0. The van der Waals surface area contributed by atoms with Gasteiger partial charge in [-0.3, -0.25) is 0 Å². The first-order valence-electron chi connectivity index (χ1n) is 5.31. The molecule has 0 fully saturated rings. The van der Waals surface area contributed by atoms with Crippen molar-refractivity contribution >= 4 is 0 Å². The predicted octanol–water partition coefficient (Wildman–Crippen LogP) is -0.308. The van der Waals surface area contributed by atoms with Crippen LogP contribution in [0.3, 0.4) is 0 Å². The van der Waals surface area contributed by atoms with Gasteiger partial charge in [-0.05, 0) is 6.92 Å². The summed E-state index contributed by atoms with van der Waals surface area (Å²) in [6, 6.07) is 10.3. The van der Waals surface area contributed by atoms with Crippen molar-refractivity contribution in [2.24, 2.45) is 0 Å². The van der Waals surface area contributed by atoms with E-state index >= 15 is 0 Å². The Kier molecular flexibility index (Phi) is 9.07. The summed E-state index contributed by atoms with van der Waals surface area (Å²) in [5.41, 5.74) is 1.32. The van der Waals surface area contributed by atoms with E-state index in [-0.39, 0.29) is 13.2 Å². The maximum atomic E-state index is 8.69. The number of benzene rings is 1. The van der Waals surface area contributed by atoms with Gasteiger partial charge in [0, 0.05) is 12.2 Å². The fourth-order valence-electron chi connectivity index (χ4n) is 1.22. The average Bonchev–Trinajstić information content (AvgIpc) is 2.20. The van der Waals surface area contributed by atoms with Gasteiger partial charge in [0.15, 0.2) is 0 Å². The van der Waals surface area contributed by atoms with Crippen LogP contribution < -0.4 is 4.90 Å². The lowest BCUT2D eigenvalue weighted by Crippen LogP contribution is -3.08. The van der Waals surface area contributed by atoms with E-state index in [9.17, 15) is 0 Å². The molecule has 0 saturated heterocycles. The fraction of sp³-hybridized carbons (Fsp3) is 0.500. The number of hydrogen-bond acceptors (Lipinski definition) is 2. The normalized spacial score (nSPS) is 11.5. The summed E-state index contributed by atoms with van der Waals surface area (Å²) < 4.78 is 0. The van der Waals surface area contributed by atoms with Gasteiger partial charge in [0.25, 0.3) is 0 Å². The van der Waals surface area contributed by atoms with Crippen LogP contribution in [-0.4, -0.2) is 37.0 Å². The number of rotatable bonds is 4. The Hall–Kier alpha value is -0.900. The molecule has 0 aromatic heterocycles. The second kappa shape index (κ2) is 9.65. The van der Waals surface area contributed by atoms with Gasteiger partial charge in [-0.1, -0.05) is 30.3 Å². The molecule has 0 bridgehead atoms. The molecule has 1 atom stereocenters. The summed E-state index contributed by atoms with van der Waals surface area (Å²) in [6.07, 6.45) is 0. The molecular formula is C12H22NO2+. The van der Waals surface area contributed by atoms with Crippen molar-refractivity contribution in [1.82, 2.24) is 0 Å². The molecule has 1 aromatic rings. The van der Waals surface area contributed by atoms with Crippen molar-refractivity contribution < 1.29 is 15.1 Å². The van der Waals surface area contributed by atoms with Crippen LogP contribution in [-0.2, 0) is 6.54 Å². The lowest BCUT2D eigenvalue weighted by Gasteiger charge is -2.11. The van der Waals surface area contributed by atoms with E-state index in [1.54, 1.807) is 6.92 Å². The zero-order chi connectivity index (χ0) is 11.5. The third kappa shape index (κ3) is 8.12. The lowest BCUT2D eigenvalue weighted by atomic mass is 10.2. The highest BCUT2D eigenvalue weighted by Gasteiger charge is 2.00. The SMILES string of the molecule is CCO.C[NH+](CCO)Cc1ccccc1. The Bertz CT molecular complexity index is 226. The van der Waals surface area contributed by atoms with Gasteiger partial charge < -0.3 is 15.1 Å². The highest BCUT2D eigenvalue weighted by molar-refractivity contribution is 5.13. The van der Waals surface area contributed by atoms with Crippen molar-refractivity contribution in [1.29, 1.82) is 0 Å². The van der Waals surface area contributed by atoms with Gasteiger partial charge in [-0.25, -0.2) is 0 Å². The first-order chi connectivity index (χ1) is 7.24. The Morgan fingerprint density at radius 2 is 1.67 bits per heavy atom. The van der Waals surface area contributed by atoms with E-state index in [0.717, 1.165) is 13.1 Å². The maximum Gasteiger partial charge on any atom is 0.103 e. The zero-order valence-electron chi connectivity index (χ0n) is 9.61. The molecule has 15 heavy (non-hydrogen) atoms. The molecule has 0 amide bonds. The molecule has 3 heteroatoms. The van der Waals surface area contributed by atoms with Gasteiger partial charge in [0.1, 0.15) is 13.1 Å². The monoisotopic (exact) mass is 212 g/mol. The van der Waals surface area contributed by atoms with Crippen LogP contribution in [0, 0.1) is 0 Å². The first kappa shape index (κ1) is 14.1. The summed E-state index contributed by atoms with van der Waals surface area (Å²) in [6.45, 7) is 4.00. The van der Waals surface area contributed by atoms with Crippen LogP contribution in [0.25, 0.3) is 0 Å². The van der Waals surface area contributed by atoms with E-state index in [1.165, 1.54) is 10.5 Å². The summed E-state index contributed by atoms with van der Waals surface area (Å²) in [5, 5.41) is 16.3. The molecule has 0 aliphatic rings. The smallest absolute Gasteiger partial charge is 0.103 e. The highest BCUT2D eigenvalue weighted by Crippen LogP contribution is 1.94. The number of aliphatic hydroxyl groups excluding tert-OH is 2. The maximum absolute atomic E-state index is 8.69. The van der Waals surface area contributed by atoms with Crippen molar-refractivity contribution in [3.63, 3.8) is 0 Å². The third-order valence-electron chi connectivity index (χ3n) is 1.89. The van der Waals surface area contributed by atoms with Crippen LogP contribution >= 0.6 is 0 Å². The predicted molar refractivity (Wildman–Crippen MR) is 61.7 cm³/mol. The fourth-order valence-corrected chi connectivity index (χ4v) is 1.22. The minimum absolute atomic E-state index is 0.250. The van der Waals surface area contributed by atoms with Crippen molar-refractivity contribution in [3.8, 4) is 0 Å². The van der Waals surface area contributed by atoms with E-state index < -0.39 is 0 Å². The molecule has 0 saturated carbocycles. The van der Waals surface area contributed by atoms with E-state index in [2.05, 4.69) is 19.2 Å². The second-order valence-electron chi connectivity index (χ2n) is 3.41. The van der Waals surface area contributed by atoms with Crippen LogP contribution in [0.15, 0.2) is 30.3 Å². The van der Waals surface area contributed by atoms with Crippen LogP contribution in [0.4, 0.5) is 0 Å². The second-order valence-corrected chi connectivity index (χ2v) is 3.41. The third-order valence-corrected chi connectivity index (χ3v) is 1.89. The molecule has 1 rings (SSSR count). The molecule has 0 radical (unpaired) electrons. The Balaban J connectivity index is 0.000000583. The molecule has 86 valence electrons. The molecule has 1 aromatic carbocycles. The lowest BCUT2D eigenvalue weighted by molar-refractivity contribution is -0.894. The molecule has 0 heterocycles. The first-order valence-corrected chi connectivity index (χ1v) is 5.31. The standard InChI is InChI=1S/C10H15NO.C2H6O/c1-11(7-8-12)9-10-5-3-2-4-6-10;1-2-3/h2-6,12H,7-9H2,1H3;3H,2H2,1H3/p+1. The molecule has 0 spiro atoms. The number of hydrogen-bond donors (Lipinski definition) is 3. The number of nitrogens with one attached hydrogen (secondary N) is 1. The van der Waals surface area contributed by atoms with Crippen LogP contribution in [0.5, 0.6) is 0 Å². The highest BCUT2D eigenvalue weighted by atomic mass is 16.3. The molecular weight excluding hydrogens is 190 g/mol. The van der Waals surface area contributed by atoms with Gasteiger partial charge in [-0.2, -0.15) is 0 Å². The molecule has 3 N–H and O–H groups in total. The van der Waals surface area contributed by atoms with E-state index in [4.69, 9.17) is 10.2 Å². The largest absolute Gasteiger partial charge is 0.397 e. The van der Waals surface area contributed by atoms with E-state index in [0.29, 0.717) is 0 Å². The molecule has 0 aliphatic carbocycles. The van der Waals surface area contributed by atoms with Gasteiger partial charge >= 0.3 is 0 Å². The Labute approximate surface area is 92.0 Å². The topological polar surface area (TPSA) is 44.9 Å². The zero-order valence-corrected chi connectivity index (χ0v) is 9.61. The summed E-state index contributed by atoms with van der Waals surface area (Å²) >= 11 is 0. The van der Waals surface area contributed by atoms with Gasteiger partial charge in [0.05, 0.1) is 13.7 Å². The van der Waals surface area contributed by atoms with Crippen molar-refractivity contribution in [3.05, 3.63) is 35.9 Å². The summed E-state index contributed by atoms with van der Waals surface area (Å²) in [7, 11) is 2.09. The summed E-state index contributed by atoms with van der Waals surface area (Å²) in [4.78, 5) is 1.34. The van der Waals surface area contributed by atoms with Crippen LogP contribution in [0.1, 0.15) is 12.5 Å². The number of aliphatic hydroxyl groups is 2. The minimum Gasteiger partial charge on any atom is -0.397 e. The number of likely N-dealkylation sites (N-methyl/N-ethyl adjacent to an activating group) is 1. The number of quaternary nitrogens is 1. The minimum atomic E-state index is 0.250. The van der Waals surface area contributed by atoms with Crippen molar-refractivity contribution in [2.75, 3.05) is 26.8 Å². The van der Waals surface area contributed by atoms with Crippen LogP contribution in [0.2, 0.25) is 0 Å². The molecule has 3 nitrogen and oxygen atoms in total. The van der Waals surface area contributed by atoms with Crippen molar-refractivity contribution in [2.45, 2.75) is 13.5 Å². The van der Waals surface area contributed by atoms with Gasteiger partial charge in [0.2, 0.25) is 0 Å². The van der Waals surface area contributed by atoms with E-state index in [1.807, 2.05) is 18.2 Å². The Morgan fingerprint density at radius 1 is 1.13 bits per heavy atom. The quantitative estimate of drug-likeness (QED) is 0.641. The average molecular weight is 212 g/mol. The molecule has 0 aliphatic heterocycles. The Morgan fingerprint density at radius 3 is 2.13 bits per heavy atom. The van der Waals surface area contributed by atoms with Gasteiger partial charge in [-0.15, -0.1) is 0 Å².